The van der Waals surface area contributed by atoms with Crippen molar-refractivity contribution < 1.29 is 9.18 Å². The van der Waals surface area contributed by atoms with Gasteiger partial charge in [-0.3, -0.25) is 9.78 Å². The van der Waals surface area contributed by atoms with Crippen LogP contribution in [0.3, 0.4) is 0 Å². The Morgan fingerprint density at radius 1 is 1.31 bits per heavy atom. The molecule has 1 amide bonds. The third kappa shape index (κ3) is 3.60. The molecule has 2 aromatic heterocycles. The van der Waals surface area contributed by atoms with E-state index in [2.05, 4.69) is 10.1 Å². The summed E-state index contributed by atoms with van der Waals surface area (Å²) in [6, 6.07) is 9.58. The second kappa shape index (κ2) is 7.66. The second-order valence-electron chi connectivity index (χ2n) is 5.82. The third-order valence-corrected chi connectivity index (χ3v) is 4.44. The van der Waals surface area contributed by atoms with E-state index in [1.54, 1.807) is 53.3 Å². The molecule has 134 valence electrons. The number of likely N-dealkylation sites (N-methyl/N-ethyl adjacent to an activating group) is 1. The molecule has 0 spiro atoms. The van der Waals surface area contributed by atoms with Crippen molar-refractivity contribution >= 4 is 23.2 Å². The zero-order valence-electron chi connectivity index (χ0n) is 14.4. The van der Waals surface area contributed by atoms with Crippen LogP contribution < -0.4 is 4.90 Å². The Morgan fingerprint density at radius 3 is 2.65 bits per heavy atom. The van der Waals surface area contributed by atoms with E-state index in [9.17, 15) is 9.18 Å². The Balaban J connectivity index is 1.90. The summed E-state index contributed by atoms with van der Waals surface area (Å²) in [5.74, 6) is -0.901. The van der Waals surface area contributed by atoms with Crippen LogP contribution in [0.1, 0.15) is 25.3 Å². The first-order valence-electron chi connectivity index (χ1n) is 8.23. The van der Waals surface area contributed by atoms with Gasteiger partial charge in [-0.2, -0.15) is 5.10 Å². The van der Waals surface area contributed by atoms with Gasteiger partial charge in [-0.15, -0.1) is 0 Å². The molecule has 0 N–H and O–H groups in total. The molecule has 7 heteroatoms. The minimum Gasteiger partial charge on any atom is -0.308 e. The molecule has 0 radical (unpaired) electrons. The molecule has 0 saturated heterocycles. The van der Waals surface area contributed by atoms with Crippen molar-refractivity contribution in [2.45, 2.75) is 19.8 Å². The molecule has 3 rings (SSSR count). The number of nitrogens with zero attached hydrogens (tertiary/aromatic N) is 4. The lowest BCUT2D eigenvalue weighted by Crippen LogP contribution is -2.34. The van der Waals surface area contributed by atoms with Crippen LogP contribution >= 0.6 is 11.6 Å². The lowest BCUT2D eigenvalue weighted by molar-refractivity contribution is -0.119. The monoisotopic (exact) mass is 372 g/mol. The molecule has 3 aromatic rings. The molecular formula is C19H18ClFN4O. The van der Waals surface area contributed by atoms with Gasteiger partial charge in [0, 0.05) is 12.7 Å². The zero-order valence-corrected chi connectivity index (χ0v) is 15.2. The highest BCUT2D eigenvalue weighted by Crippen LogP contribution is 2.29. The van der Waals surface area contributed by atoms with Crippen LogP contribution in [0, 0.1) is 5.82 Å². The van der Waals surface area contributed by atoms with Crippen LogP contribution in [0.15, 0.2) is 55.0 Å². The number of carbonyl (C=O) groups excluding carboxylic acids is 1. The fraction of sp³-hybridized carbons (Fsp3) is 0.211. The Morgan fingerprint density at radius 2 is 2.04 bits per heavy atom. The normalized spacial score (nSPS) is 12.0. The van der Waals surface area contributed by atoms with Crippen molar-refractivity contribution in [1.29, 1.82) is 0 Å². The Kier molecular flexibility index (Phi) is 5.32. The Hall–Kier alpha value is -2.73. The molecule has 5 nitrogen and oxygen atoms in total. The first kappa shape index (κ1) is 18.1. The van der Waals surface area contributed by atoms with E-state index in [0.29, 0.717) is 12.2 Å². The molecule has 1 atom stereocenters. The highest BCUT2D eigenvalue weighted by Gasteiger charge is 2.25. The number of carbonyl (C=O) groups is 1. The van der Waals surface area contributed by atoms with Crippen LogP contribution in [0.4, 0.5) is 10.1 Å². The zero-order chi connectivity index (χ0) is 18.7. The van der Waals surface area contributed by atoms with Gasteiger partial charge in [0.1, 0.15) is 11.5 Å². The Bertz CT molecular complexity index is 896. The van der Waals surface area contributed by atoms with Crippen LogP contribution in [-0.2, 0) is 4.79 Å². The van der Waals surface area contributed by atoms with E-state index in [-0.39, 0.29) is 16.9 Å². The first-order chi connectivity index (χ1) is 12.5. The highest BCUT2D eigenvalue weighted by molar-refractivity contribution is 6.32. The van der Waals surface area contributed by atoms with Crippen molar-refractivity contribution in [2.75, 3.05) is 11.4 Å². The van der Waals surface area contributed by atoms with Crippen LogP contribution in [-0.4, -0.2) is 27.2 Å². The molecule has 0 bridgehead atoms. The van der Waals surface area contributed by atoms with E-state index in [4.69, 9.17) is 11.6 Å². The van der Waals surface area contributed by atoms with Gasteiger partial charge >= 0.3 is 0 Å². The van der Waals surface area contributed by atoms with E-state index in [0.717, 1.165) is 11.3 Å². The number of halogens is 2. The number of rotatable bonds is 5. The number of hydrogen-bond acceptors (Lipinski definition) is 3. The fourth-order valence-corrected chi connectivity index (χ4v) is 2.95. The van der Waals surface area contributed by atoms with Crippen LogP contribution in [0.2, 0.25) is 5.15 Å². The van der Waals surface area contributed by atoms with Gasteiger partial charge in [-0.25, -0.2) is 9.07 Å². The SMILES string of the molecule is CCN(C(=O)C(C)c1ccc(F)cc1)c1cn(-c2cccnc2)nc1Cl. The highest BCUT2D eigenvalue weighted by atomic mass is 35.5. The molecule has 26 heavy (non-hydrogen) atoms. The summed E-state index contributed by atoms with van der Waals surface area (Å²) in [5.41, 5.74) is 2.01. The average molecular weight is 373 g/mol. The van der Waals surface area contributed by atoms with Crippen molar-refractivity contribution in [3.63, 3.8) is 0 Å². The lowest BCUT2D eigenvalue weighted by atomic mass is 9.99. The molecule has 0 aliphatic heterocycles. The maximum Gasteiger partial charge on any atom is 0.234 e. The molecule has 2 heterocycles. The van der Waals surface area contributed by atoms with E-state index in [1.165, 1.54) is 12.1 Å². The summed E-state index contributed by atoms with van der Waals surface area (Å²) in [6.45, 7) is 4.09. The topological polar surface area (TPSA) is 51.0 Å². The maximum atomic E-state index is 13.1. The summed E-state index contributed by atoms with van der Waals surface area (Å²) < 4.78 is 14.7. The summed E-state index contributed by atoms with van der Waals surface area (Å²) in [4.78, 5) is 18.6. The minimum absolute atomic E-state index is 0.133. The number of amides is 1. The van der Waals surface area contributed by atoms with Gasteiger partial charge < -0.3 is 4.90 Å². The third-order valence-electron chi connectivity index (χ3n) is 4.18. The smallest absolute Gasteiger partial charge is 0.234 e. The number of hydrogen-bond donors (Lipinski definition) is 0. The molecule has 1 aromatic carbocycles. The van der Waals surface area contributed by atoms with Gasteiger partial charge in [0.05, 0.1) is 24.0 Å². The minimum atomic E-state index is -0.437. The van der Waals surface area contributed by atoms with Gasteiger partial charge in [0.2, 0.25) is 5.91 Å². The first-order valence-corrected chi connectivity index (χ1v) is 8.61. The van der Waals surface area contributed by atoms with Crippen molar-refractivity contribution in [3.8, 4) is 5.69 Å². The van der Waals surface area contributed by atoms with E-state index < -0.39 is 5.92 Å². The second-order valence-corrected chi connectivity index (χ2v) is 6.17. The summed E-state index contributed by atoms with van der Waals surface area (Å²) in [7, 11) is 0. The van der Waals surface area contributed by atoms with E-state index >= 15 is 0 Å². The quantitative estimate of drug-likeness (QED) is 0.674. The summed E-state index contributed by atoms with van der Waals surface area (Å²) in [6.07, 6.45) is 5.03. The van der Waals surface area contributed by atoms with E-state index in [1.807, 2.05) is 13.0 Å². The molecule has 1 unspecified atom stereocenters. The molecule has 0 aliphatic rings. The van der Waals surface area contributed by atoms with Crippen LogP contribution in [0.25, 0.3) is 5.69 Å². The van der Waals surface area contributed by atoms with Crippen LogP contribution in [0.5, 0.6) is 0 Å². The lowest BCUT2D eigenvalue weighted by Gasteiger charge is -2.23. The van der Waals surface area contributed by atoms with Crippen molar-refractivity contribution in [3.05, 3.63) is 71.5 Å². The average Bonchev–Trinajstić information content (AvgIpc) is 3.04. The predicted molar refractivity (Wildman–Crippen MR) is 99.2 cm³/mol. The van der Waals surface area contributed by atoms with Crippen molar-refractivity contribution in [2.24, 2.45) is 0 Å². The molecule has 0 aliphatic carbocycles. The van der Waals surface area contributed by atoms with Gasteiger partial charge in [0.15, 0.2) is 5.15 Å². The number of benzene rings is 1. The fourth-order valence-electron chi connectivity index (χ4n) is 2.72. The number of anilines is 1. The van der Waals surface area contributed by atoms with Gasteiger partial charge in [-0.1, -0.05) is 23.7 Å². The number of pyridine rings is 1. The van der Waals surface area contributed by atoms with Crippen molar-refractivity contribution in [1.82, 2.24) is 14.8 Å². The molecule has 0 fully saturated rings. The number of aromatic nitrogens is 3. The maximum absolute atomic E-state index is 13.1. The predicted octanol–water partition coefficient (Wildman–Crippen LogP) is 4.22. The molecular weight excluding hydrogens is 355 g/mol. The van der Waals surface area contributed by atoms with Gasteiger partial charge in [-0.05, 0) is 43.7 Å². The molecule has 0 saturated carbocycles. The summed E-state index contributed by atoms with van der Waals surface area (Å²) in [5, 5.41) is 4.51. The Labute approximate surface area is 156 Å². The largest absolute Gasteiger partial charge is 0.308 e. The van der Waals surface area contributed by atoms with Gasteiger partial charge in [0.25, 0.3) is 0 Å². The standard InChI is InChI=1S/C19H18ClFN4O/c1-3-24(19(26)13(2)14-6-8-15(21)9-7-14)17-12-25(23-18(17)20)16-5-4-10-22-11-16/h4-13H,3H2,1-2H3. The summed E-state index contributed by atoms with van der Waals surface area (Å²) >= 11 is 6.29.